The van der Waals surface area contributed by atoms with E-state index in [1.807, 2.05) is 0 Å². The van der Waals surface area contributed by atoms with Crippen LogP contribution in [0.1, 0.15) is 55.0 Å². The van der Waals surface area contributed by atoms with Crippen molar-refractivity contribution in [3.63, 3.8) is 0 Å². The number of nitrogens with one attached hydrogen (secondary N) is 1. The summed E-state index contributed by atoms with van der Waals surface area (Å²) in [5, 5.41) is 11.1. The summed E-state index contributed by atoms with van der Waals surface area (Å²) >= 11 is 5.17. The predicted molar refractivity (Wildman–Crippen MR) is 87.7 cm³/mol. The Kier molecular flexibility index (Phi) is 4.84. The molecule has 3 rings (SSSR count). The second-order valence-corrected chi connectivity index (χ2v) is 6.25. The van der Waals surface area contributed by atoms with Crippen molar-refractivity contribution in [2.24, 2.45) is 5.10 Å². The fourth-order valence-corrected chi connectivity index (χ4v) is 3.21. The van der Waals surface area contributed by atoms with Crippen LogP contribution in [0.3, 0.4) is 0 Å². The van der Waals surface area contributed by atoms with Crippen LogP contribution >= 0.6 is 12.2 Å². The van der Waals surface area contributed by atoms with E-state index in [9.17, 15) is 13.2 Å². The lowest BCUT2D eigenvalue weighted by Gasteiger charge is -2.19. The molecule has 24 heavy (non-hydrogen) atoms. The first-order valence-electron chi connectivity index (χ1n) is 7.84. The first kappa shape index (κ1) is 16.9. The van der Waals surface area contributed by atoms with Crippen molar-refractivity contribution >= 4 is 18.4 Å². The second kappa shape index (κ2) is 6.88. The average Bonchev–Trinajstić information content (AvgIpc) is 2.94. The molecule has 0 radical (unpaired) electrons. The van der Waals surface area contributed by atoms with Gasteiger partial charge in [-0.15, -0.1) is 0 Å². The highest BCUT2D eigenvalue weighted by Gasteiger charge is 2.32. The Bertz CT molecular complexity index is 785. The molecule has 1 aromatic heterocycles. The Morgan fingerprint density at radius 3 is 2.62 bits per heavy atom. The summed E-state index contributed by atoms with van der Waals surface area (Å²) in [6.45, 7) is 0. The molecule has 1 aromatic carbocycles. The minimum absolute atomic E-state index is 0.00249. The van der Waals surface area contributed by atoms with E-state index >= 15 is 0 Å². The summed E-state index contributed by atoms with van der Waals surface area (Å²) in [7, 11) is 0. The molecule has 4 nitrogen and oxygen atoms in total. The van der Waals surface area contributed by atoms with E-state index in [0.29, 0.717) is 5.82 Å². The van der Waals surface area contributed by atoms with Crippen LogP contribution in [0, 0.1) is 4.77 Å². The quantitative estimate of drug-likeness (QED) is 0.630. The van der Waals surface area contributed by atoms with Crippen molar-refractivity contribution in [1.29, 1.82) is 0 Å². The van der Waals surface area contributed by atoms with E-state index in [2.05, 4.69) is 15.3 Å². The summed E-state index contributed by atoms with van der Waals surface area (Å²) in [6.07, 6.45) is 2.19. The van der Waals surface area contributed by atoms with Gasteiger partial charge in [-0.05, 0) is 31.1 Å². The number of benzene rings is 1. The first-order chi connectivity index (χ1) is 11.5. The third-order valence-corrected chi connectivity index (χ3v) is 4.49. The third-order valence-electron chi connectivity index (χ3n) is 4.22. The standard InChI is InChI=1S/C16H17F3N4S/c17-16(18,19)13-9-5-4-8-12(13)10-20-23-14(21-22-15(23)24)11-6-2-1-3-7-11/h4-5,8-11H,1-3,6-7H2,(H,22,24)/b20-10+. The molecular formula is C16H17F3N4S. The fraction of sp³-hybridized carbons (Fsp3) is 0.438. The van der Waals surface area contributed by atoms with Crippen molar-refractivity contribution in [2.45, 2.75) is 44.2 Å². The number of hydrogen-bond acceptors (Lipinski definition) is 3. The lowest BCUT2D eigenvalue weighted by Crippen LogP contribution is -2.11. The van der Waals surface area contributed by atoms with Crippen LogP contribution in [0.5, 0.6) is 0 Å². The maximum absolute atomic E-state index is 13.1. The molecular weight excluding hydrogens is 337 g/mol. The van der Waals surface area contributed by atoms with Crippen molar-refractivity contribution in [1.82, 2.24) is 14.9 Å². The van der Waals surface area contributed by atoms with E-state index in [-0.39, 0.29) is 16.3 Å². The minimum Gasteiger partial charge on any atom is -0.250 e. The van der Waals surface area contributed by atoms with Crippen LogP contribution in [-0.2, 0) is 6.18 Å². The number of nitrogens with zero attached hydrogens (tertiary/aromatic N) is 3. The molecule has 0 bridgehead atoms. The van der Waals surface area contributed by atoms with Crippen LogP contribution in [0.2, 0.25) is 0 Å². The largest absolute Gasteiger partial charge is 0.417 e. The van der Waals surface area contributed by atoms with E-state index in [1.165, 1.54) is 29.4 Å². The zero-order valence-electron chi connectivity index (χ0n) is 12.9. The van der Waals surface area contributed by atoms with Gasteiger partial charge in [0, 0.05) is 11.5 Å². The number of alkyl halides is 3. The third kappa shape index (κ3) is 3.58. The molecule has 8 heteroatoms. The van der Waals surface area contributed by atoms with Gasteiger partial charge in [-0.2, -0.15) is 28.0 Å². The molecule has 0 atom stereocenters. The van der Waals surface area contributed by atoms with E-state index in [1.54, 1.807) is 6.07 Å². The first-order valence-corrected chi connectivity index (χ1v) is 8.25. The minimum atomic E-state index is -4.42. The number of H-pyrrole nitrogens is 1. The average molecular weight is 354 g/mol. The normalized spacial score (nSPS) is 16.8. The molecule has 1 fully saturated rings. The Labute approximate surface area is 142 Å². The maximum atomic E-state index is 13.1. The fourth-order valence-electron chi connectivity index (χ4n) is 3.03. The molecule has 0 saturated heterocycles. The molecule has 0 unspecified atom stereocenters. The van der Waals surface area contributed by atoms with Crippen molar-refractivity contribution in [2.75, 3.05) is 0 Å². The molecule has 1 N–H and O–H groups in total. The SMILES string of the molecule is FC(F)(F)c1ccccc1/C=N/n1c(C2CCCCC2)n[nH]c1=S. The van der Waals surface area contributed by atoms with Gasteiger partial charge >= 0.3 is 6.18 Å². The van der Waals surface area contributed by atoms with Gasteiger partial charge in [0.25, 0.3) is 0 Å². The maximum Gasteiger partial charge on any atom is 0.417 e. The molecule has 0 amide bonds. The monoisotopic (exact) mass is 354 g/mol. The summed E-state index contributed by atoms with van der Waals surface area (Å²) in [6, 6.07) is 5.33. The summed E-state index contributed by atoms with van der Waals surface area (Å²) in [5.74, 6) is 0.933. The number of aromatic amines is 1. The van der Waals surface area contributed by atoms with Gasteiger partial charge < -0.3 is 0 Å². The number of rotatable bonds is 3. The summed E-state index contributed by atoms with van der Waals surface area (Å²) in [5.41, 5.74) is -0.717. The van der Waals surface area contributed by atoms with Gasteiger partial charge in [0.15, 0.2) is 5.82 Å². The molecule has 0 spiro atoms. The van der Waals surface area contributed by atoms with E-state index < -0.39 is 11.7 Å². The van der Waals surface area contributed by atoms with Crippen LogP contribution < -0.4 is 0 Å². The van der Waals surface area contributed by atoms with E-state index in [4.69, 9.17) is 12.2 Å². The van der Waals surface area contributed by atoms with Crippen LogP contribution in [0.4, 0.5) is 13.2 Å². The Hall–Kier alpha value is -1.96. The lowest BCUT2D eigenvalue weighted by atomic mass is 9.89. The van der Waals surface area contributed by atoms with Crippen LogP contribution in [0.25, 0.3) is 0 Å². The van der Waals surface area contributed by atoms with Gasteiger partial charge in [0.1, 0.15) is 0 Å². The van der Waals surface area contributed by atoms with E-state index in [0.717, 1.165) is 31.7 Å². The molecule has 128 valence electrons. The van der Waals surface area contributed by atoms with Crippen LogP contribution in [-0.4, -0.2) is 21.1 Å². The smallest absolute Gasteiger partial charge is 0.250 e. The lowest BCUT2D eigenvalue weighted by molar-refractivity contribution is -0.137. The number of hydrogen-bond donors (Lipinski definition) is 1. The second-order valence-electron chi connectivity index (χ2n) is 5.86. The molecule has 2 aromatic rings. The van der Waals surface area contributed by atoms with Crippen LogP contribution in [0.15, 0.2) is 29.4 Å². The Morgan fingerprint density at radius 1 is 1.21 bits per heavy atom. The van der Waals surface area contributed by atoms with Gasteiger partial charge in [-0.1, -0.05) is 37.5 Å². The molecule has 1 heterocycles. The van der Waals surface area contributed by atoms with Gasteiger partial charge in [0.05, 0.1) is 11.8 Å². The molecule has 0 aliphatic heterocycles. The van der Waals surface area contributed by atoms with Gasteiger partial charge in [-0.3, -0.25) is 5.10 Å². The van der Waals surface area contributed by atoms with Crippen molar-refractivity contribution in [3.05, 3.63) is 46.0 Å². The summed E-state index contributed by atoms with van der Waals surface area (Å²) in [4.78, 5) is 0. The van der Waals surface area contributed by atoms with Crippen molar-refractivity contribution < 1.29 is 13.2 Å². The number of halogens is 3. The number of aromatic nitrogens is 3. The van der Waals surface area contributed by atoms with Crippen molar-refractivity contribution in [3.8, 4) is 0 Å². The zero-order valence-corrected chi connectivity index (χ0v) is 13.7. The molecule has 1 aliphatic carbocycles. The van der Waals surface area contributed by atoms with Gasteiger partial charge in [-0.25, -0.2) is 0 Å². The Balaban J connectivity index is 1.94. The Morgan fingerprint density at radius 2 is 1.92 bits per heavy atom. The highest BCUT2D eigenvalue weighted by Crippen LogP contribution is 2.32. The van der Waals surface area contributed by atoms with Gasteiger partial charge in [0.2, 0.25) is 4.77 Å². The zero-order chi connectivity index (χ0) is 17.2. The highest BCUT2D eigenvalue weighted by molar-refractivity contribution is 7.71. The summed E-state index contributed by atoms with van der Waals surface area (Å²) < 4.78 is 40.9. The molecule has 1 saturated carbocycles. The highest BCUT2D eigenvalue weighted by atomic mass is 32.1. The predicted octanol–water partition coefficient (Wildman–Crippen LogP) is 4.89. The molecule has 1 aliphatic rings. The topological polar surface area (TPSA) is 46.0 Å².